The molecule has 4 aromatic rings. The van der Waals surface area contributed by atoms with E-state index in [0.717, 1.165) is 16.2 Å². The average Bonchev–Trinajstić information content (AvgIpc) is 3.40. The van der Waals surface area contributed by atoms with E-state index in [1.807, 2.05) is 13.0 Å². The van der Waals surface area contributed by atoms with Crippen LogP contribution in [0.5, 0.6) is 0 Å². The lowest BCUT2D eigenvalue weighted by Crippen LogP contribution is -2.17. The fraction of sp³-hybridized carbons (Fsp3) is 0.158. The van der Waals surface area contributed by atoms with Crippen molar-refractivity contribution < 1.29 is 18.4 Å². The number of aromatic nitrogens is 3. The Hall–Kier alpha value is -3.18. The second kappa shape index (κ2) is 7.58. The maximum absolute atomic E-state index is 13.5. The molecule has 0 spiro atoms. The Bertz CT molecular complexity index is 1290. The fourth-order valence-electron chi connectivity index (χ4n) is 3.01. The van der Waals surface area contributed by atoms with Crippen molar-refractivity contribution in [3.8, 4) is 10.4 Å². The SMILES string of the molecule is Cc1ccc(-c2cc(C(F)F)nc3sc(C(N)=O)c(NC(=O)c4ccn(C)n4)c23)s1. The number of carbonyl (C=O) groups excluding carboxylic acids is 2. The van der Waals surface area contributed by atoms with Crippen LogP contribution in [0.25, 0.3) is 20.7 Å². The average molecular weight is 447 g/mol. The molecule has 4 aromatic heterocycles. The van der Waals surface area contributed by atoms with Crippen LogP contribution in [0.1, 0.15) is 37.2 Å². The molecule has 0 aliphatic rings. The number of hydrogen-bond acceptors (Lipinski definition) is 6. The molecule has 4 rings (SSSR count). The Balaban J connectivity index is 1.96. The van der Waals surface area contributed by atoms with Crippen molar-refractivity contribution in [2.24, 2.45) is 12.8 Å². The molecule has 0 saturated heterocycles. The highest BCUT2D eigenvalue weighted by Gasteiger charge is 2.26. The molecule has 0 fully saturated rings. The van der Waals surface area contributed by atoms with E-state index in [2.05, 4.69) is 15.4 Å². The number of fused-ring (bicyclic) bond motifs is 1. The Morgan fingerprint density at radius 3 is 2.57 bits per heavy atom. The van der Waals surface area contributed by atoms with Crippen molar-refractivity contribution in [2.75, 3.05) is 5.32 Å². The van der Waals surface area contributed by atoms with E-state index in [0.29, 0.717) is 15.8 Å². The standard InChI is InChI=1S/C19H15F2N5O2S2/c1-8-3-4-12(29-8)9-7-11(16(20)21)23-19-13(9)14(15(30-19)17(22)27)24-18(28)10-5-6-26(2)25-10/h3-7,16H,1-2H3,(H2,22,27)(H,24,28). The third-order valence-corrected chi connectivity index (χ3v) is 6.45. The topological polar surface area (TPSA) is 103 Å². The van der Waals surface area contributed by atoms with Crippen LogP contribution in [0.15, 0.2) is 30.5 Å². The second-order valence-electron chi connectivity index (χ2n) is 6.49. The maximum Gasteiger partial charge on any atom is 0.280 e. The highest BCUT2D eigenvalue weighted by Crippen LogP contribution is 2.44. The first kappa shape index (κ1) is 20.1. The van der Waals surface area contributed by atoms with Crippen molar-refractivity contribution in [1.82, 2.24) is 14.8 Å². The van der Waals surface area contributed by atoms with Gasteiger partial charge in [0.25, 0.3) is 18.2 Å². The molecule has 0 atom stereocenters. The summed E-state index contributed by atoms with van der Waals surface area (Å²) in [6, 6.07) is 6.47. The molecule has 0 saturated carbocycles. The van der Waals surface area contributed by atoms with Gasteiger partial charge in [-0.25, -0.2) is 13.8 Å². The quantitative estimate of drug-likeness (QED) is 0.475. The van der Waals surface area contributed by atoms with Gasteiger partial charge in [-0.05, 0) is 31.2 Å². The van der Waals surface area contributed by atoms with Gasteiger partial charge in [0.1, 0.15) is 15.4 Å². The molecule has 11 heteroatoms. The molecule has 0 aliphatic carbocycles. The zero-order valence-electron chi connectivity index (χ0n) is 15.8. The Morgan fingerprint density at radius 1 is 1.23 bits per heavy atom. The Labute approximate surface area is 177 Å². The first-order valence-corrected chi connectivity index (χ1v) is 10.3. The van der Waals surface area contributed by atoms with E-state index in [1.54, 1.807) is 19.3 Å². The number of hydrogen-bond donors (Lipinski definition) is 2. The summed E-state index contributed by atoms with van der Waals surface area (Å²) in [4.78, 5) is 30.7. The van der Waals surface area contributed by atoms with E-state index in [4.69, 9.17) is 5.73 Å². The molecule has 30 heavy (non-hydrogen) atoms. The summed E-state index contributed by atoms with van der Waals surface area (Å²) in [6.07, 6.45) is -1.19. The van der Waals surface area contributed by atoms with Crippen molar-refractivity contribution >= 4 is 50.4 Å². The Kier molecular flexibility index (Phi) is 5.08. The lowest BCUT2D eigenvalue weighted by atomic mass is 10.1. The third-order valence-electron chi connectivity index (χ3n) is 4.32. The number of nitrogens with two attached hydrogens (primary N) is 1. The second-order valence-corrected chi connectivity index (χ2v) is 8.77. The van der Waals surface area contributed by atoms with Crippen LogP contribution in [0, 0.1) is 6.92 Å². The van der Waals surface area contributed by atoms with E-state index in [9.17, 15) is 18.4 Å². The van der Waals surface area contributed by atoms with Gasteiger partial charge >= 0.3 is 0 Å². The highest BCUT2D eigenvalue weighted by molar-refractivity contribution is 7.21. The van der Waals surface area contributed by atoms with Gasteiger partial charge in [0.05, 0.1) is 5.69 Å². The minimum absolute atomic E-state index is 0.0303. The monoisotopic (exact) mass is 447 g/mol. The minimum Gasteiger partial charge on any atom is -0.365 e. The van der Waals surface area contributed by atoms with Gasteiger partial charge in [0.2, 0.25) is 0 Å². The number of nitrogens with one attached hydrogen (secondary N) is 1. The summed E-state index contributed by atoms with van der Waals surface area (Å²) >= 11 is 2.28. The van der Waals surface area contributed by atoms with Gasteiger partial charge in [0.15, 0.2) is 5.69 Å². The van der Waals surface area contributed by atoms with Gasteiger partial charge in [-0.3, -0.25) is 14.3 Å². The van der Waals surface area contributed by atoms with Gasteiger partial charge < -0.3 is 11.1 Å². The van der Waals surface area contributed by atoms with Gasteiger partial charge in [-0.2, -0.15) is 5.10 Å². The van der Waals surface area contributed by atoms with Crippen LogP contribution in [-0.4, -0.2) is 26.6 Å². The molecule has 7 nitrogen and oxygen atoms in total. The molecule has 4 heterocycles. The predicted octanol–water partition coefficient (Wildman–Crippen LogP) is 4.36. The number of thiophene rings is 2. The van der Waals surface area contributed by atoms with Crippen LogP contribution >= 0.6 is 22.7 Å². The molecule has 0 radical (unpaired) electrons. The van der Waals surface area contributed by atoms with Gasteiger partial charge in [0, 0.05) is 33.9 Å². The van der Waals surface area contributed by atoms with E-state index >= 15 is 0 Å². The number of rotatable bonds is 5. The number of aryl methyl sites for hydroxylation is 2. The van der Waals surface area contributed by atoms with Crippen LogP contribution in [0.3, 0.4) is 0 Å². The number of pyridine rings is 1. The van der Waals surface area contributed by atoms with E-state index < -0.39 is 23.9 Å². The zero-order valence-corrected chi connectivity index (χ0v) is 17.4. The zero-order chi connectivity index (χ0) is 21.6. The molecular formula is C19H15F2N5O2S2. The summed E-state index contributed by atoms with van der Waals surface area (Å²) in [5, 5.41) is 7.12. The van der Waals surface area contributed by atoms with Crippen molar-refractivity contribution in [1.29, 1.82) is 0 Å². The number of halogens is 2. The van der Waals surface area contributed by atoms with Crippen molar-refractivity contribution in [3.05, 3.63) is 51.6 Å². The number of nitrogens with zero attached hydrogens (tertiary/aromatic N) is 3. The first-order chi connectivity index (χ1) is 14.2. The molecular weight excluding hydrogens is 432 g/mol. The first-order valence-electron chi connectivity index (χ1n) is 8.67. The molecule has 3 N–H and O–H groups in total. The number of amides is 2. The Morgan fingerprint density at radius 2 is 2.00 bits per heavy atom. The van der Waals surface area contributed by atoms with Crippen molar-refractivity contribution in [2.45, 2.75) is 13.3 Å². The number of primary amides is 1. The lowest BCUT2D eigenvalue weighted by Gasteiger charge is -2.09. The summed E-state index contributed by atoms with van der Waals surface area (Å²) in [6.45, 7) is 1.90. The largest absolute Gasteiger partial charge is 0.365 e. The molecule has 0 unspecified atom stereocenters. The molecule has 154 valence electrons. The highest BCUT2D eigenvalue weighted by atomic mass is 32.1. The minimum atomic E-state index is -2.79. The van der Waals surface area contributed by atoms with Crippen LogP contribution in [0.4, 0.5) is 14.5 Å². The summed E-state index contributed by atoms with van der Waals surface area (Å²) in [5.74, 6) is -1.34. The number of alkyl halides is 2. The smallest absolute Gasteiger partial charge is 0.280 e. The number of anilines is 1. The van der Waals surface area contributed by atoms with Gasteiger partial charge in [-0.15, -0.1) is 22.7 Å². The maximum atomic E-state index is 13.5. The third kappa shape index (κ3) is 3.57. The van der Waals surface area contributed by atoms with E-state index in [1.165, 1.54) is 28.2 Å². The van der Waals surface area contributed by atoms with Crippen LogP contribution < -0.4 is 11.1 Å². The molecule has 0 aliphatic heterocycles. The molecule has 0 bridgehead atoms. The van der Waals surface area contributed by atoms with Gasteiger partial charge in [-0.1, -0.05) is 0 Å². The van der Waals surface area contributed by atoms with Crippen molar-refractivity contribution in [3.63, 3.8) is 0 Å². The molecule has 2 amide bonds. The lowest BCUT2D eigenvalue weighted by molar-refractivity contribution is 0.100. The van der Waals surface area contributed by atoms with E-state index in [-0.39, 0.29) is 21.1 Å². The normalized spacial score (nSPS) is 11.4. The van der Waals surface area contributed by atoms with Crippen LogP contribution in [-0.2, 0) is 7.05 Å². The predicted molar refractivity (Wildman–Crippen MR) is 112 cm³/mol. The summed E-state index contributed by atoms with van der Waals surface area (Å²) < 4.78 is 28.4. The summed E-state index contributed by atoms with van der Waals surface area (Å²) in [7, 11) is 1.67. The fourth-order valence-corrected chi connectivity index (χ4v) is 4.91. The molecule has 0 aromatic carbocycles. The number of carbonyl (C=O) groups is 2. The summed E-state index contributed by atoms with van der Waals surface area (Å²) in [5.41, 5.74) is 5.84. The van der Waals surface area contributed by atoms with Crippen LogP contribution in [0.2, 0.25) is 0 Å².